The van der Waals surface area contributed by atoms with Crippen molar-refractivity contribution in [3.63, 3.8) is 0 Å². The fraction of sp³-hybridized carbons (Fsp3) is 0.462. The van der Waals surface area contributed by atoms with Crippen molar-refractivity contribution >= 4 is 17.5 Å². The van der Waals surface area contributed by atoms with Crippen LogP contribution in [0, 0.1) is 6.92 Å². The number of carbonyl (C=O) groups is 1. The van der Waals surface area contributed by atoms with Crippen LogP contribution in [0.15, 0.2) is 18.7 Å². The third-order valence-electron chi connectivity index (χ3n) is 2.72. The van der Waals surface area contributed by atoms with Gasteiger partial charge in [-0.15, -0.1) is 0 Å². The third kappa shape index (κ3) is 5.00. The van der Waals surface area contributed by atoms with Crippen LogP contribution in [0.2, 0.25) is 0 Å². The van der Waals surface area contributed by atoms with Crippen molar-refractivity contribution in [3.05, 3.63) is 24.5 Å². The Balaban J connectivity index is 1.73. The van der Waals surface area contributed by atoms with Gasteiger partial charge in [0, 0.05) is 25.7 Å². The molecule has 3 N–H and O–H groups in total. The average Bonchev–Trinajstić information content (AvgIpc) is 2.96. The quantitative estimate of drug-likeness (QED) is 0.590. The summed E-state index contributed by atoms with van der Waals surface area (Å²) >= 11 is 0. The van der Waals surface area contributed by atoms with Crippen LogP contribution in [0.5, 0.6) is 0 Å². The largest absolute Gasteiger partial charge is 0.370 e. The molecule has 2 heterocycles. The Morgan fingerprint density at radius 3 is 2.68 bits per heavy atom. The zero-order chi connectivity index (χ0) is 15.8. The monoisotopic (exact) mass is 304 g/mol. The molecule has 9 nitrogen and oxygen atoms in total. The normalized spacial score (nSPS) is 10.3. The average molecular weight is 304 g/mol. The van der Waals surface area contributed by atoms with Crippen molar-refractivity contribution in [1.29, 1.82) is 0 Å². The predicted molar refractivity (Wildman–Crippen MR) is 82.5 cm³/mol. The highest BCUT2D eigenvalue weighted by atomic mass is 16.2. The summed E-state index contributed by atoms with van der Waals surface area (Å²) in [5, 5.41) is 13.0. The van der Waals surface area contributed by atoms with Gasteiger partial charge in [0.25, 0.3) is 0 Å². The van der Waals surface area contributed by atoms with Crippen molar-refractivity contribution in [2.75, 3.05) is 30.3 Å². The molecule has 0 fully saturated rings. The first-order valence-electron chi connectivity index (χ1n) is 7.10. The molecule has 0 unspecified atom stereocenters. The van der Waals surface area contributed by atoms with Crippen molar-refractivity contribution in [3.8, 4) is 0 Å². The molecule has 0 aliphatic carbocycles. The van der Waals surface area contributed by atoms with Gasteiger partial charge >= 0.3 is 0 Å². The number of aromatic nitrogens is 5. The van der Waals surface area contributed by atoms with Gasteiger partial charge < -0.3 is 16.0 Å². The Morgan fingerprint density at radius 1 is 1.23 bits per heavy atom. The molecule has 0 atom stereocenters. The van der Waals surface area contributed by atoms with Gasteiger partial charge in [-0.1, -0.05) is 0 Å². The number of hydrogen-bond acceptors (Lipinski definition) is 7. The summed E-state index contributed by atoms with van der Waals surface area (Å²) in [5.74, 6) is 2.09. The molecule has 2 aromatic rings. The number of aryl methyl sites for hydroxylation is 1. The van der Waals surface area contributed by atoms with Crippen LogP contribution in [-0.2, 0) is 11.3 Å². The molecule has 0 saturated heterocycles. The minimum atomic E-state index is -0.112. The molecule has 9 heteroatoms. The van der Waals surface area contributed by atoms with E-state index in [0.29, 0.717) is 18.9 Å². The topological polar surface area (TPSA) is 110 Å². The highest BCUT2D eigenvalue weighted by Crippen LogP contribution is 2.10. The molecular formula is C13H20N8O. The standard InChI is InChI=1S/C13H20N8O/c1-3-15-11-6-12(20-10(2)19-11)16-4-5-17-13(22)7-21-9-14-8-18-21/h6,8-9H,3-5,7H2,1-2H3,(H,17,22)(H2,15,16,19,20). The van der Waals surface area contributed by atoms with Crippen molar-refractivity contribution in [2.24, 2.45) is 0 Å². The first-order valence-corrected chi connectivity index (χ1v) is 7.10. The summed E-state index contributed by atoms with van der Waals surface area (Å²) in [5.41, 5.74) is 0. The van der Waals surface area contributed by atoms with E-state index >= 15 is 0 Å². The van der Waals surface area contributed by atoms with E-state index in [0.717, 1.165) is 18.2 Å². The molecule has 2 rings (SSSR count). The summed E-state index contributed by atoms with van der Waals surface area (Å²) in [6.07, 6.45) is 2.90. The van der Waals surface area contributed by atoms with Crippen LogP contribution in [0.25, 0.3) is 0 Å². The summed E-state index contributed by atoms with van der Waals surface area (Å²) in [6.45, 7) is 5.88. The Bertz CT molecular complexity index is 598. The lowest BCUT2D eigenvalue weighted by Gasteiger charge is -2.10. The number of carbonyl (C=O) groups excluding carboxylic acids is 1. The van der Waals surface area contributed by atoms with Gasteiger partial charge in [0.1, 0.15) is 36.7 Å². The predicted octanol–water partition coefficient (Wildman–Crippen LogP) is 0.0366. The Kier molecular flexibility index (Phi) is 5.64. The highest BCUT2D eigenvalue weighted by molar-refractivity contribution is 5.75. The van der Waals surface area contributed by atoms with E-state index in [1.54, 1.807) is 0 Å². The highest BCUT2D eigenvalue weighted by Gasteiger charge is 2.03. The molecule has 0 saturated carbocycles. The number of rotatable bonds is 8. The van der Waals surface area contributed by atoms with Gasteiger partial charge in [-0.2, -0.15) is 5.10 Å². The molecule has 1 amide bonds. The second-order valence-corrected chi connectivity index (χ2v) is 4.59. The number of amides is 1. The molecule has 0 radical (unpaired) electrons. The van der Waals surface area contributed by atoms with Crippen molar-refractivity contribution < 1.29 is 4.79 Å². The van der Waals surface area contributed by atoms with E-state index in [-0.39, 0.29) is 12.5 Å². The van der Waals surface area contributed by atoms with Gasteiger partial charge in [0.05, 0.1) is 0 Å². The van der Waals surface area contributed by atoms with E-state index in [1.165, 1.54) is 17.3 Å². The van der Waals surface area contributed by atoms with Crippen LogP contribution >= 0.6 is 0 Å². The van der Waals surface area contributed by atoms with Crippen molar-refractivity contribution in [2.45, 2.75) is 20.4 Å². The number of nitrogens with one attached hydrogen (secondary N) is 3. The summed E-state index contributed by atoms with van der Waals surface area (Å²) in [7, 11) is 0. The number of nitrogens with zero attached hydrogens (tertiary/aromatic N) is 5. The van der Waals surface area contributed by atoms with Crippen LogP contribution in [0.1, 0.15) is 12.7 Å². The fourth-order valence-electron chi connectivity index (χ4n) is 1.84. The van der Waals surface area contributed by atoms with Crippen LogP contribution in [0.4, 0.5) is 11.6 Å². The van der Waals surface area contributed by atoms with Crippen LogP contribution in [0.3, 0.4) is 0 Å². The summed E-state index contributed by atoms with van der Waals surface area (Å²) in [4.78, 5) is 24.0. The maximum Gasteiger partial charge on any atom is 0.241 e. The first-order chi connectivity index (χ1) is 10.7. The van der Waals surface area contributed by atoms with Gasteiger partial charge in [0.2, 0.25) is 5.91 Å². The van der Waals surface area contributed by atoms with Gasteiger partial charge in [-0.25, -0.2) is 19.6 Å². The Hall–Kier alpha value is -2.71. The molecule has 0 spiro atoms. The molecule has 22 heavy (non-hydrogen) atoms. The lowest BCUT2D eigenvalue weighted by Crippen LogP contribution is -2.31. The smallest absolute Gasteiger partial charge is 0.241 e. The van der Waals surface area contributed by atoms with E-state index in [4.69, 9.17) is 0 Å². The molecule has 0 aromatic carbocycles. The number of hydrogen-bond donors (Lipinski definition) is 3. The Morgan fingerprint density at radius 2 is 2.00 bits per heavy atom. The third-order valence-corrected chi connectivity index (χ3v) is 2.72. The minimum Gasteiger partial charge on any atom is -0.370 e. The minimum absolute atomic E-state index is 0.112. The molecule has 0 aliphatic rings. The maximum atomic E-state index is 11.7. The molecule has 118 valence electrons. The molecule has 2 aromatic heterocycles. The van der Waals surface area contributed by atoms with E-state index in [2.05, 4.69) is 36.0 Å². The number of anilines is 2. The van der Waals surface area contributed by atoms with E-state index in [9.17, 15) is 4.79 Å². The summed E-state index contributed by atoms with van der Waals surface area (Å²) < 4.78 is 1.47. The van der Waals surface area contributed by atoms with Crippen LogP contribution in [-0.4, -0.2) is 50.3 Å². The van der Waals surface area contributed by atoms with Gasteiger partial charge in [-0.3, -0.25) is 4.79 Å². The maximum absolute atomic E-state index is 11.7. The second kappa shape index (κ2) is 7.91. The lowest BCUT2D eigenvalue weighted by molar-refractivity contribution is -0.121. The van der Waals surface area contributed by atoms with Crippen molar-refractivity contribution in [1.82, 2.24) is 30.0 Å². The summed E-state index contributed by atoms with van der Waals surface area (Å²) in [6, 6.07) is 1.84. The zero-order valence-corrected chi connectivity index (χ0v) is 12.7. The zero-order valence-electron chi connectivity index (χ0n) is 12.7. The Labute approximate surface area is 128 Å². The molecule has 0 aliphatic heterocycles. The van der Waals surface area contributed by atoms with E-state index in [1.807, 2.05) is 19.9 Å². The fourth-order valence-corrected chi connectivity index (χ4v) is 1.84. The molecule has 0 bridgehead atoms. The van der Waals surface area contributed by atoms with Gasteiger partial charge in [0.15, 0.2) is 0 Å². The van der Waals surface area contributed by atoms with Crippen LogP contribution < -0.4 is 16.0 Å². The lowest BCUT2D eigenvalue weighted by atomic mass is 10.4. The van der Waals surface area contributed by atoms with Gasteiger partial charge in [-0.05, 0) is 13.8 Å². The van der Waals surface area contributed by atoms with E-state index < -0.39 is 0 Å². The molecular weight excluding hydrogens is 284 g/mol. The SMILES string of the molecule is CCNc1cc(NCCNC(=O)Cn2cncn2)nc(C)n1. The first kappa shape index (κ1) is 15.7. The second-order valence-electron chi connectivity index (χ2n) is 4.59.